The van der Waals surface area contributed by atoms with Gasteiger partial charge in [0.2, 0.25) is 5.91 Å². The van der Waals surface area contributed by atoms with Crippen molar-refractivity contribution in [2.24, 2.45) is 5.73 Å². The Balaban J connectivity index is 2.57. The molecule has 6 heteroatoms. The molecule has 21 heavy (non-hydrogen) atoms. The number of nitrogens with one attached hydrogen (secondary N) is 2. The molecule has 0 saturated heterocycles. The molecule has 0 bridgehead atoms. The van der Waals surface area contributed by atoms with E-state index in [0.717, 1.165) is 0 Å². The van der Waals surface area contributed by atoms with Crippen LogP contribution in [-0.2, 0) is 9.59 Å². The Morgan fingerprint density at radius 3 is 2.33 bits per heavy atom. The first-order valence-corrected chi connectivity index (χ1v) is 7.00. The SMILES string of the molecule is CC(C)c1ccc(NC(=O)C[C@H](NCCN)C(=O)O)cc1. The number of nitrogens with two attached hydrogens (primary N) is 1. The first-order chi connectivity index (χ1) is 9.93. The van der Waals surface area contributed by atoms with Crippen LogP contribution < -0.4 is 16.4 Å². The molecule has 0 unspecified atom stereocenters. The van der Waals surface area contributed by atoms with Gasteiger partial charge in [0, 0.05) is 18.8 Å². The molecule has 0 fully saturated rings. The topological polar surface area (TPSA) is 104 Å². The van der Waals surface area contributed by atoms with Crippen molar-refractivity contribution in [1.29, 1.82) is 0 Å². The van der Waals surface area contributed by atoms with E-state index in [9.17, 15) is 9.59 Å². The highest BCUT2D eigenvalue weighted by molar-refractivity contribution is 5.94. The predicted octanol–water partition coefficient (Wildman–Crippen LogP) is 1.14. The fourth-order valence-corrected chi connectivity index (χ4v) is 1.85. The average molecular weight is 293 g/mol. The van der Waals surface area contributed by atoms with Gasteiger partial charge in [-0.15, -0.1) is 0 Å². The zero-order valence-electron chi connectivity index (χ0n) is 12.4. The lowest BCUT2D eigenvalue weighted by Crippen LogP contribution is -2.41. The lowest BCUT2D eigenvalue weighted by molar-refractivity contribution is -0.141. The molecule has 5 N–H and O–H groups in total. The first kappa shape index (κ1) is 17.1. The Labute approximate surface area is 124 Å². The number of aliphatic carboxylic acids is 1. The van der Waals surface area contributed by atoms with E-state index in [1.54, 1.807) is 0 Å². The highest BCUT2D eigenvalue weighted by Gasteiger charge is 2.20. The Bertz CT molecular complexity index is 472. The van der Waals surface area contributed by atoms with Crippen molar-refractivity contribution in [2.75, 3.05) is 18.4 Å². The van der Waals surface area contributed by atoms with Crippen molar-refractivity contribution in [2.45, 2.75) is 32.2 Å². The second kappa shape index (κ2) is 8.39. The predicted molar refractivity (Wildman–Crippen MR) is 82.3 cm³/mol. The summed E-state index contributed by atoms with van der Waals surface area (Å²) in [5, 5.41) is 14.4. The van der Waals surface area contributed by atoms with E-state index in [1.165, 1.54) is 5.56 Å². The average Bonchev–Trinajstić information content (AvgIpc) is 2.43. The van der Waals surface area contributed by atoms with Crippen molar-refractivity contribution in [1.82, 2.24) is 5.32 Å². The van der Waals surface area contributed by atoms with Gasteiger partial charge >= 0.3 is 5.97 Å². The molecule has 0 aliphatic carbocycles. The third-order valence-electron chi connectivity index (χ3n) is 3.08. The summed E-state index contributed by atoms with van der Waals surface area (Å²) in [6, 6.07) is 6.60. The number of carboxylic acids is 1. The molecule has 0 aliphatic heterocycles. The molecule has 1 atom stereocenters. The summed E-state index contributed by atoms with van der Waals surface area (Å²) in [6.45, 7) is 4.86. The van der Waals surface area contributed by atoms with E-state index >= 15 is 0 Å². The fourth-order valence-electron chi connectivity index (χ4n) is 1.85. The minimum atomic E-state index is -1.06. The molecule has 0 heterocycles. The van der Waals surface area contributed by atoms with E-state index in [4.69, 9.17) is 10.8 Å². The Kier molecular flexibility index (Phi) is 6.84. The van der Waals surface area contributed by atoms with E-state index in [0.29, 0.717) is 24.7 Å². The quantitative estimate of drug-likeness (QED) is 0.575. The Hall–Kier alpha value is -1.92. The normalized spacial score (nSPS) is 12.2. The summed E-state index contributed by atoms with van der Waals surface area (Å²) in [7, 11) is 0. The van der Waals surface area contributed by atoms with Crippen LogP contribution in [0.5, 0.6) is 0 Å². The van der Waals surface area contributed by atoms with Gasteiger partial charge in [-0.25, -0.2) is 0 Å². The maximum Gasteiger partial charge on any atom is 0.321 e. The van der Waals surface area contributed by atoms with Crippen molar-refractivity contribution in [3.05, 3.63) is 29.8 Å². The molecule has 0 spiro atoms. The van der Waals surface area contributed by atoms with Crippen molar-refractivity contribution >= 4 is 17.6 Å². The van der Waals surface area contributed by atoms with Crippen LogP contribution in [0.25, 0.3) is 0 Å². The van der Waals surface area contributed by atoms with Gasteiger partial charge in [-0.2, -0.15) is 0 Å². The van der Waals surface area contributed by atoms with E-state index in [1.807, 2.05) is 24.3 Å². The number of carbonyl (C=O) groups excluding carboxylic acids is 1. The molecule has 0 aliphatic rings. The van der Waals surface area contributed by atoms with Gasteiger partial charge in [0.1, 0.15) is 6.04 Å². The summed E-state index contributed by atoms with van der Waals surface area (Å²) >= 11 is 0. The molecular weight excluding hydrogens is 270 g/mol. The number of hydrogen-bond acceptors (Lipinski definition) is 4. The van der Waals surface area contributed by atoms with Crippen LogP contribution in [0.2, 0.25) is 0 Å². The highest BCUT2D eigenvalue weighted by atomic mass is 16.4. The standard InChI is InChI=1S/C15H23N3O3/c1-10(2)11-3-5-12(6-4-11)18-14(19)9-13(15(20)21)17-8-7-16/h3-6,10,13,17H,7-9,16H2,1-2H3,(H,18,19)(H,20,21)/t13-/m0/s1. The van der Waals surface area contributed by atoms with Gasteiger partial charge < -0.3 is 21.5 Å². The molecule has 0 aromatic heterocycles. The number of amides is 1. The largest absolute Gasteiger partial charge is 0.480 e. The molecule has 6 nitrogen and oxygen atoms in total. The lowest BCUT2D eigenvalue weighted by Gasteiger charge is -2.14. The zero-order valence-corrected chi connectivity index (χ0v) is 12.4. The maximum atomic E-state index is 11.9. The number of anilines is 1. The molecule has 0 radical (unpaired) electrons. The minimum Gasteiger partial charge on any atom is -0.480 e. The second-order valence-corrected chi connectivity index (χ2v) is 5.16. The van der Waals surface area contributed by atoms with Gasteiger partial charge in [0.15, 0.2) is 0 Å². The molecule has 0 saturated carbocycles. The molecular formula is C15H23N3O3. The lowest BCUT2D eigenvalue weighted by atomic mass is 10.0. The van der Waals surface area contributed by atoms with E-state index < -0.39 is 12.0 Å². The Morgan fingerprint density at radius 1 is 1.24 bits per heavy atom. The smallest absolute Gasteiger partial charge is 0.321 e. The van der Waals surface area contributed by atoms with E-state index in [2.05, 4.69) is 24.5 Å². The third kappa shape index (κ3) is 5.93. The van der Waals surface area contributed by atoms with Crippen LogP contribution in [0.3, 0.4) is 0 Å². The van der Waals surface area contributed by atoms with Crippen LogP contribution in [0.15, 0.2) is 24.3 Å². The van der Waals surface area contributed by atoms with E-state index in [-0.39, 0.29) is 12.3 Å². The summed E-state index contributed by atoms with van der Waals surface area (Å²) in [4.78, 5) is 22.9. The summed E-state index contributed by atoms with van der Waals surface area (Å²) < 4.78 is 0. The Morgan fingerprint density at radius 2 is 1.86 bits per heavy atom. The van der Waals surface area contributed by atoms with Crippen LogP contribution >= 0.6 is 0 Å². The fraction of sp³-hybridized carbons (Fsp3) is 0.467. The number of benzene rings is 1. The van der Waals surface area contributed by atoms with Gasteiger partial charge in [-0.1, -0.05) is 26.0 Å². The molecule has 116 valence electrons. The van der Waals surface area contributed by atoms with Gasteiger partial charge in [-0.05, 0) is 23.6 Å². The van der Waals surface area contributed by atoms with Crippen LogP contribution in [0.4, 0.5) is 5.69 Å². The minimum absolute atomic E-state index is 0.138. The number of rotatable bonds is 8. The van der Waals surface area contributed by atoms with Crippen molar-refractivity contribution < 1.29 is 14.7 Å². The molecule has 1 amide bonds. The third-order valence-corrected chi connectivity index (χ3v) is 3.08. The number of carbonyl (C=O) groups is 2. The zero-order chi connectivity index (χ0) is 15.8. The van der Waals surface area contributed by atoms with Gasteiger partial charge in [-0.3, -0.25) is 9.59 Å². The monoisotopic (exact) mass is 293 g/mol. The number of carboxylic acid groups (broad SMARTS) is 1. The van der Waals surface area contributed by atoms with Crippen LogP contribution in [0, 0.1) is 0 Å². The number of hydrogen-bond donors (Lipinski definition) is 4. The second-order valence-electron chi connectivity index (χ2n) is 5.16. The summed E-state index contributed by atoms with van der Waals surface area (Å²) in [5.41, 5.74) is 7.15. The molecule has 1 aromatic rings. The highest BCUT2D eigenvalue weighted by Crippen LogP contribution is 2.17. The van der Waals surface area contributed by atoms with Crippen molar-refractivity contribution in [3.63, 3.8) is 0 Å². The maximum absolute atomic E-state index is 11.9. The van der Waals surface area contributed by atoms with Crippen LogP contribution in [0.1, 0.15) is 31.7 Å². The molecule has 1 rings (SSSR count). The van der Waals surface area contributed by atoms with Crippen LogP contribution in [-0.4, -0.2) is 36.1 Å². The van der Waals surface area contributed by atoms with Gasteiger partial charge in [0.25, 0.3) is 0 Å². The van der Waals surface area contributed by atoms with Gasteiger partial charge in [0.05, 0.1) is 6.42 Å². The van der Waals surface area contributed by atoms with Crippen molar-refractivity contribution in [3.8, 4) is 0 Å². The summed E-state index contributed by atoms with van der Waals surface area (Å²) in [6.07, 6.45) is -0.138. The summed E-state index contributed by atoms with van der Waals surface area (Å²) in [5.74, 6) is -0.982. The molecule has 1 aromatic carbocycles. The first-order valence-electron chi connectivity index (χ1n) is 7.00.